The molecule has 2 aromatic carbocycles. The van der Waals surface area contributed by atoms with Crippen LogP contribution in [-0.2, 0) is 6.42 Å². The summed E-state index contributed by atoms with van der Waals surface area (Å²) in [5.41, 5.74) is 5.19. The molecule has 1 N–H and O–H groups in total. The fourth-order valence-corrected chi connectivity index (χ4v) is 4.12. The van der Waals surface area contributed by atoms with Crippen LogP contribution in [0.25, 0.3) is 22.6 Å². The molecule has 2 aromatic heterocycles. The van der Waals surface area contributed by atoms with Crippen molar-refractivity contribution < 1.29 is 13.6 Å². The number of hydrogen-bond acceptors (Lipinski definition) is 5. The number of benzene rings is 2. The van der Waals surface area contributed by atoms with Gasteiger partial charge in [-0.15, -0.1) is 10.2 Å². The van der Waals surface area contributed by atoms with Gasteiger partial charge >= 0.3 is 11.8 Å². The number of furan rings is 1. The molecule has 29 heavy (non-hydrogen) atoms. The minimum absolute atomic E-state index is 0.0432. The van der Waals surface area contributed by atoms with Crippen LogP contribution < -0.4 is 5.32 Å². The second-order valence-electron chi connectivity index (χ2n) is 7.54. The van der Waals surface area contributed by atoms with E-state index in [1.807, 2.05) is 44.2 Å². The average Bonchev–Trinajstić information content (AvgIpc) is 3.34. The number of carbonyl (C=O) groups excluding carboxylic acids is 1. The van der Waals surface area contributed by atoms with Gasteiger partial charge in [0.1, 0.15) is 5.58 Å². The van der Waals surface area contributed by atoms with E-state index in [1.54, 1.807) is 0 Å². The fraction of sp³-hybridized carbons (Fsp3) is 0.261. The lowest BCUT2D eigenvalue weighted by Crippen LogP contribution is -2.31. The molecule has 0 unspecified atom stereocenters. The number of carbonyl (C=O) groups is 1. The van der Waals surface area contributed by atoms with Gasteiger partial charge in [-0.2, -0.15) is 0 Å². The number of rotatable bonds is 3. The molecule has 0 fully saturated rings. The Hall–Kier alpha value is -3.41. The topological polar surface area (TPSA) is 81.2 Å². The number of nitrogens with zero attached hydrogens (tertiary/aromatic N) is 2. The quantitative estimate of drug-likeness (QED) is 0.540. The second-order valence-corrected chi connectivity index (χ2v) is 7.54. The number of hydrogen-bond donors (Lipinski definition) is 1. The summed E-state index contributed by atoms with van der Waals surface area (Å²) in [5.74, 6) is 0.297. The average molecular weight is 387 g/mol. The molecule has 1 aliphatic carbocycles. The van der Waals surface area contributed by atoms with Crippen LogP contribution >= 0.6 is 0 Å². The first-order valence-electron chi connectivity index (χ1n) is 9.83. The Bertz CT molecular complexity index is 1220. The van der Waals surface area contributed by atoms with E-state index in [-0.39, 0.29) is 23.7 Å². The standard InChI is InChI=1S/C23H21N3O3/c1-13-7-5-11-16-14(2)20(28-19(13)16)22-25-26-23(29-22)21(27)24-18-12-6-9-15-8-3-4-10-17(15)18/h3-5,7-8,10-11,18H,6,9,12H2,1-2H3,(H,24,27)/t18-/m1/s1. The van der Waals surface area contributed by atoms with Crippen LogP contribution in [0.4, 0.5) is 0 Å². The highest BCUT2D eigenvalue weighted by molar-refractivity contribution is 5.91. The SMILES string of the molecule is Cc1c(-c2nnc(C(=O)N[C@@H]3CCCc4ccccc43)o2)oc2c(C)cccc12. The third kappa shape index (κ3) is 3.01. The van der Waals surface area contributed by atoms with Crippen molar-refractivity contribution in [2.75, 3.05) is 0 Å². The molecule has 6 heteroatoms. The summed E-state index contributed by atoms with van der Waals surface area (Å²) in [6.45, 7) is 3.94. The first kappa shape index (κ1) is 17.7. The van der Waals surface area contributed by atoms with E-state index in [2.05, 4.69) is 27.6 Å². The number of aryl methyl sites for hydroxylation is 3. The van der Waals surface area contributed by atoms with Crippen molar-refractivity contribution in [3.05, 3.63) is 70.6 Å². The molecule has 5 rings (SSSR count). The first-order chi connectivity index (χ1) is 14.1. The second kappa shape index (κ2) is 6.88. The zero-order valence-corrected chi connectivity index (χ0v) is 16.4. The molecule has 1 amide bonds. The van der Waals surface area contributed by atoms with E-state index in [0.29, 0.717) is 5.76 Å². The summed E-state index contributed by atoms with van der Waals surface area (Å²) in [6.07, 6.45) is 2.97. The Labute approximate surface area is 167 Å². The summed E-state index contributed by atoms with van der Waals surface area (Å²) in [7, 11) is 0. The molecule has 0 saturated carbocycles. The summed E-state index contributed by atoms with van der Waals surface area (Å²) in [6, 6.07) is 14.1. The Balaban J connectivity index is 1.42. The zero-order chi connectivity index (χ0) is 20.0. The van der Waals surface area contributed by atoms with Gasteiger partial charge in [-0.3, -0.25) is 4.79 Å². The van der Waals surface area contributed by atoms with Crippen LogP contribution in [0.15, 0.2) is 51.3 Å². The molecule has 0 saturated heterocycles. The Morgan fingerprint density at radius 2 is 1.93 bits per heavy atom. The van der Waals surface area contributed by atoms with Gasteiger partial charge in [-0.1, -0.05) is 42.5 Å². The Kier molecular flexibility index (Phi) is 4.19. The molecule has 6 nitrogen and oxygen atoms in total. The van der Waals surface area contributed by atoms with Crippen LogP contribution in [0, 0.1) is 13.8 Å². The lowest BCUT2D eigenvalue weighted by atomic mass is 9.88. The molecule has 146 valence electrons. The summed E-state index contributed by atoms with van der Waals surface area (Å²) >= 11 is 0. The minimum Gasteiger partial charge on any atom is -0.450 e. The van der Waals surface area contributed by atoms with Crippen LogP contribution in [0.1, 0.15) is 51.8 Å². The number of fused-ring (bicyclic) bond motifs is 2. The molecule has 1 aliphatic rings. The number of aromatic nitrogens is 2. The molecular formula is C23H21N3O3. The molecule has 0 bridgehead atoms. The van der Waals surface area contributed by atoms with Gasteiger partial charge in [0.05, 0.1) is 6.04 Å². The highest BCUT2D eigenvalue weighted by Gasteiger charge is 2.26. The molecule has 4 aromatic rings. The van der Waals surface area contributed by atoms with Gasteiger partial charge in [0.25, 0.3) is 5.89 Å². The third-order valence-corrected chi connectivity index (χ3v) is 5.65. The highest BCUT2D eigenvalue weighted by Crippen LogP contribution is 2.34. The molecule has 2 heterocycles. The first-order valence-corrected chi connectivity index (χ1v) is 9.83. The molecular weight excluding hydrogens is 366 g/mol. The van der Waals surface area contributed by atoms with Crippen LogP contribution in [-0.4, -0.2) is 16.1 Å². The van der Waals surface area contributed by atoms with Gasteiger partial charge in [-0.25, -0.2) is 0 Å². The van der Waals surface area contributed by atoms with Crippen LogP contribution in [0.5, 0.6) is 0 Å². The molecule has 0 spiro atoms. The predicted molar refractivity (Wildman–Crippen MR) is 109 cm³/mol. The van der Waals surface area contributed by atoms with E-state index in [1.165, 1.54) is 5.56 Å². The molecule has 1 atom stereocenters. The van der Waals surface area contributed by atoms with Crippen LogP contribution in [0.2, 0.25) is 0 Å². The van der Waals surface area contributed by atoms with Crippen molar-refractivity contribution in [1.29, 1.82) is 0 Å². The van der Waals surface area contributed by atoms with Crippen molar-refractivity contribution in [3.63, 3.8) is 0 Å². The monoisotopic (exact) mass is 387 g/mol. The summed E-state index contributed by atoms with van der Waals surface area (Å²) in [4.78, 5) is 12.7. The Morgan fingerprint density at radius 1 is 1.07 bits per heavy atom. The van der Waals surface area contributed by atoms with E-state index in [9.17, 15) is 4.79 Å². The van der Waals surface area contributed by atoms with Crippen molar-refractivity contribution in [2.24, 2.45) is 0 Å². The van der Waals surface area contributed by atoms with E-state index in [4.69, 9.17) is 8.83 Å². The summed E-state index contributed by atoms with van der Waals surface area (Å²) < 4.78 is 11.7. The normalized spacial score (nSPS) is 16.0. The lowest BCUT2D eigenvalue weighted by molar-refractivity contribution is 0.0898. The predicted octanol–water partition coefficient (Wildman–Crippen LogP) is 4.91. The van der Waals surface area contributed by atoms with Crippen molar-refractivity contribution in [2.45, 2.75) is 39.2 Å². The Morgan fingerprint density at radius 3 is 2.79 bits per heavy atom. The van der Waals surface area contributed by atoms with Crippen LogP contribution in [0.3, 0.4) is 0 Å². The minimum atomic E-state index is -0.365. The van der Waals surface area contributed by atoms with Crippen molar-refractivity contribution in [1.82, 2.24) is 15.5 Å². The van der Waals surface area contributed by atoms with E-state index < -0.39 is 0 Å². The van der Waals surface area contributed by atoms with Crippen molar-refractivity contribution in [3.8, 4) is 11.7 Å². The van der Waals surface area contributed by atoms with Gasteiger partial charge < -0.3 is 14.2 Å². The maximum atomic E-state index is 12.7. The highest BCUT2D eigenvalue weighted by atomic mass is 16.4. The molecule has 0 aliphatic heterocycles. The fourth-order valence-electron chi connectivity index (χ4n) is 4.12. The number of para-hydroxylation sites is 1. The summed E-state index contributed by atoms with van der Waals surface area (Å²) in [5, 5.41) is 12.1. The van der Waals surface area contributed by atoms with E-state index >= 15 is 0 Å². The molecule has 0 radical (unpaired) electrons. The number of amides is 1. The smallest absolute Gasteiger partial charge is 0.309 e. The van der Waals surface area contributed by atoms with Crippen molar-refractivity contribution >= 4 is 16.9 Å². The number of nitrogens with one attached hydrogen (secondary N) is 1. The maximum absolute atomic E-state index is 12.7. The zero-order valence-electron chi connectivity index (χ0n) is 16.4. The van der Waals surface area contributed by atoms with Gasteiger partial charge in [-0.05, 0) is 49.8 Å². The van der Waals surface area contributed by atoms with Gasteiger partial charge in [0, 0.05) is 10.9 Å². The third-order valence-electron chi connectivity index (χ3n) is 5.65. The largest absolute Gasteiger partial charge is 0.450 e. The van der Waals surface area contributed by atoms with Gasteiger partial charge in [0.15, 0.2) is 5.76 Å². The lowest BCUT2D eigenvalue weighted by Gasteiger charge is -2.25. The van der Waals surface area contributed by atoms with E-state index in [0.717, 1.165) is 46.9 Å². The maximum Gasteiger partial charge on any atom is 0.309 e. The van der Waals surface area contributed by atoms with Gasteiger partial charge in [0.2, 0.25) is 0 Å².